The van der Waals surface area contributed by atoms with Gasteiger partial charge < -0.3 is 4.90 Å². The lowest BCUT2D eigenvalue weighted by Gasteiger charge is -2.16. The molecule has 0 saturated carbocycles. The number of thiophene rings is 1. The van der Waals surface area contributed by atoms with E-state index in [0.717, 1.165) is 18.5 Å². The van der Waals surface area contributed by atoms with E-state index < -0.39 is 0 Å². The molecule has 0 radical (unpaired) electrons. The molecule has 0 aliphatic heterocycles. The first-order valence-corrected chi connectivity index (χ1v) is 6.99. The lowest BCUT2D eigenvalue weighted by molar-refractivity contribution is -0.118. The van der Waals surface area contributed by atoms with Gasteiger partial charge in [0, 0.05) is 24.0 Å². The maximum atomic E-state index is 12.0. The molecule has 0 unspecified atom stereocenters. The molecule has 3 heteroatoms. The third-order valence-corrected chi connectivity index (χ3v) is 3.85. The molecule has 2 nitrogen and oxygen atoms in total. The van der Waals surface area contributed by atoms with E-state index >= 15 is 0 Å². The molecule has 0 N–H and O–H groups in total. The van der Waals surface area contributed by atoms with E-state index in [2.05, 4.69) is 17.5 Å². The van der Waals surface area contributed by atoms with E-state index in [0.29, 0.717) is 6.42 Å². The summed E-state index contributed by atoms with van der Waals surface area (Å²) in [7, 11) is 1.84. The van der Waals surface area contributed by atoms with Gasteiger partial charge in [0.25, 0.3) is 0 Å². The highest BCUT2D eigenvalue weighted by atomic mass is 32.1. The van der Waals surface area contributed by atoms with E-state index in [4.69, 9.17) is 0 Å². The molecule has 0 atom stereocenters. The molecule has 1 amide bonds. The smallest absolute Gasteiger partial charge is 0.226 e. The number of nitrogens with zero attached hydrogens (tertiary/aromatic N) is 1. The molecule has 2 rings (SSSR count). The van der Waals surface area contributed by atoms with Crippen molar-refractivity contribution < 1.29 is 4.79 Å². The number of carbonyl (C=O) groups is 1. The predicted molar refractivity (Wildman–Crippen MR) is 77.1 cm³/mol. The average molecular weight is 259 g/mol. The number of carbonyl (C=O) groups excluding carboxylic acids is 1. The lowest BCUT2D eigenvalue weighted by atomic mass is 10.2. The summed E-state index contributed by atoms with van der Waals surface area (Å²) in [6, 6.07) is 13.9. The van der Waals surface area contributed by atoms with Gasteiger partial charge in [-0.1, -0.05) is 24.3 Å². The monoisotopic (exact) mass is 259 g/mol. The zero-order valence-electron chi connectivity index (χ0n) is 10.5. The number of hydrogen-bond acceptors (Lipinski definition) is 2. The molecule has 0 aliphatic rings. The lowest BCUT2D eigenvalue weighted by Crippen LogP contribution is -2.25. The number of benzene rings is 1. The predicted octanol–water partition coefficient (Wildman–Crippen LogP) is 3.73. The summed E-state index contributed by atoms with van der Waals surface area (Å²) in [6.07, 6.45) is 2.51. The van der Waals surface area contributed by atoms with Gasteiger partial charge in [0.1, 0.15) is 0 Å². The normalized spacial score (nSPS) is 10.3. The average Bonchev–Trinajstić information content (AvgIpc) is 2.92. The maximum absolute atomic E-state index is 12.0. The Morgan fingerprint density at radius 3 is 2.61 bits per heavy atom. The summed E-state index contributed by atoms with van der Waals surface area (Å²) in [5.74, 6) is 0.178. The summed E-state index contributed by atoms with van der Waals surface area (Å²) in [6.45, 7) is 0. The fraction of sp³-hybridized carbons (Fsp3) is 0.267. The van der Waals surface area contributed by atoms with Crippen molar-refractivity contribution in [2.75, 3.05) is 11.9 Å². The van der Waals surface area contributed by atoms with Crippen LogP contribution in [0.4, 0.5) is 5.69 Å². The Bertz CT molecular complexity index is 478. The van der Waals surface area contributed by atoms with Crippen molar-refractivity contribution >= 4 is 22.9 Å². The van der Waals surface area contributed by atoms with Crippen molar-refractivity contribution in [3.05, 3.63) is 52.7 Å². The Kier molecular flexibility index (Phi) is 4.53. The van der Waals surface area contributed by atoms with Crippen molar-refractivity contribution in [3.63, 3.8) is 0 Å². The molecular formula is C15H17NOS. The van der Waals surface area contributed by atoms with Gasteiger partial charge in [0.2, 0.25) is 5.91 Å². The van der Waals surface area contributed by atoms with Crippen LogP contribution in [0.5, 0.6) is 0 Å². The molecule has 0 spiro atoms. The van der Waals surface area contributed by atoms with Gasteiger partial charge in [-0.05, 0) is 36.4 Å². The minimum atomic E-state index is 0.178. The van der Waals surface area contributed by atoms with E-state index in [9.17, 15) is 4.79 Å². The van der Waals surface area contributed by atoms with Gasteiger partial charge in [0.05, 0.1) is 0 Å². The molecular weight excluding hydrogens is 242 g/mol. The summed E-state index contributed by atoms with van der Waals surface area (Å²) in [5.41, 5.74) is 0.957. The summed E-state index contributed by atoms with van der Waals surface area (Å²) >= 11 is 1.75. The first-order chi connectivity index (χ1) is 8.77. The zero-order valence-corrected chi connectivity index (χ0v) is 11.3. The van der Waals surface area contributed by atoms with E-state index in [-0.39, 0.29) is 5.91 Å². The van der Waals surface area contributed by atoms with Gasteiger partial charge in [-0.3, -0.25) is 4.79 Å². The SMILES string of the molecule is CN(C(=O)CCCc1cccs1)c1ccccc1. The van der Waals surface area contributed by atoms with E-state index in [1.165, 1.54) is 4.88 Å². The van der Waals surface area contributed by atoms with Crippen LogP contribution in [-0.2, 0) is 11.2 Å². The van der Waals surface area contributed by atoms with Crippen LogP contribution >= 0.6 is 11.3 Å². The third kappa shape index (κ3) is 3.44. The first-order valence-electron chi connectivity index (χ1n) is 6.11. The van der Waals surface area contributed by atoms with Crippen LogP contribution in [0, 0.1) is 0 Å². The molecule has 1 heterocycles. The number of para-hydroxylation sites is 1. The molecule has 2 aromatic rings. The van der Waals surface area contributed by atoms with Crippen LogP contribution in [0.1, 0.15) is 17.7 Å². The Morgan fingerprint density at radius 2 is 1.94 bits per heavy atom. The van der Waals surface area contributed by atoms with Crippen LogP contribution in [0.2, 0.25) is 0 Å². The quantitative estimate of drug-likeness (QED) is 0.801. The zero-order chi connectivity index (χ0) is 12.8. The van der Waals surface area contributed by atoms with Crippen LogP contribution in [-0.4, -0.2) is 13.0 Å². The molecule has 94 valence electrons. The van der Waals surface area contributed by atoms with Crippen molar-refractivity contribution in [1.82, 2.24) is 0 Å². The van der Waals surface area contributed by atoms with Crippen LogP contribution in [0.3, 0.4) is 0 Å². The maximum Gasteiger partial charge on any atom is 0.226 e. The van der Waals surface area contributed by atoms with Crippen molar-refractivity contribution in [3.8, 4) is 0 Å². The summed E-state index contributed by atoms with van der Waals surface area (Å²) in [4.78, 5) is 15.1. The van der Waals surface area contributed by atoms with Gasteiger partial charge in [-0.2, -0.15) is 0 Å². The number of hydrogen-bond donors (Lipinski definition) is 0. The van der Waals surface area contributed by atoms with E-state index in [1.54, 1.807) is 16.2 Å². The van der Waals surface area contributed by atoms with Crippen molar-refractivity contribution in [1.29, 1.82) is 0 Å². The summed E-state index contributed by atoms with van der Waals surface area (Å²) in [5, 5.41) is 2.08. The van der Waals surface area contributed by atoms with Crippen LogP contribution in [0.25, 0.3) is 0 Å². The number of amides is 1. The number of rotatable bonds is 5. The Labute approximate surface area is 112 Å². The van der Waals surface area contributed by atoms with Gasteiger partial charge in [-0.15, -0.1) is 11.3 Å². The Hall–Kier alpha value is -1.61. The van der Waals surface area contributed by atoms with Crippen molar-refractivity contribution in [2.45, 2.75) is 19.3 Å². The summed E-state index contributed by atoms with van der Waals surface area (Å²) < 4.78 is 0. The van der Waals surface area contributed by atoms with Crippen molar-refractivity contribution in [2.24, 2.45) is 0 Å². The second-order valence-corrected chi connectivity index (χ2v) is 5.25. The minimum absolute atomic E-state index is 0.178. The molecule has 0 fully saturated rings. The standard InChI is InChI=1S/C15H17NOS/c1-16(13-7-3-2-4-8-13)15(17)11-5-9-14-10-6-12-18-14/h2-4,6-8,10,12H,5,9,11H2,1H3. The van der Waals surface area contributed by atoms with Crippen LogP contribution in [0.15, 0.2) is 47.8 Å². The Morgan fingerprint density at radius 1 is 1.17 bits per heavy atom. The molecule has 0 saturated heterocycles. The highest BCUT2D eigenvalue weighted by Gasteiger charge is 2.09. The highest BCUT2D eigenvalue weighted by molar-refractivity contribution is 7.09. The fourth-order valence-electron chi connectivity index (χ4n) is 1.83. The highest BCUT2D eigenvalue weighted by Crippen LogP contribution is 2.15. The number of anilines is 1. The van der Waals surface area contributed by atoms with Crippen LogP contribution < -0.4 is 4.90 Å². The van der Waals surface area contributed by atoms with Gasteiger partial charge >= 0.3 is 0 Å². The largest absolute Gasteiger partial charge is 0.316 e. The minimum Gasteiger partial charge on any atom is -0.316 e. The Balaban J connectivity index is 1.81. The molecule has 18 heavy (non-hydrogen) atoms. The first kappa shape index (κ1) is 12.8. The fourth-order valence-corrected chi connectivity index (χ4v) is 2.58. The molecule has 1 aromatic carbocycles. The van der Waals surface area contributed by atoms with Gasteiger partial charge in [0.15, 0.2) is 0 Å². The number of aryl methyl sites for hydroxylation is 1. The molecule has 0 bridgehead atoms. The topological polar surface area (TPSA) is 20.3 Å². The molecule has 1 aromatic heterocycles. The van der Waals surface area contributed by atoms with E-state index in [1.807, 2.05) is 37.4 Å². The second kappa shape index (κ2) is 6.36. The second-order valence-electron chi connectivity index (χ2n) is 4.22. The molecule has 0 aliphatic carbocycles. The third-order valence-electron chi connectivity index (χ3n) is 2.91. The van der Waals surface area contributed by atoms with Gasteiger partial charge in [-0.25, -0.2) is 0 Å².